The number of nitrogens with one attached hydrogen (secondary N) is 1. The Bertz CT molecular complexity index is 546. The van der Waals surface area contributed by atoms with E-state index in [9.17, 15) is 9.59 Å². The zero-order chi connectivity index (χ0) is 15.4. The molecular weight excluding hydrogens is 292 g/mol. The van der Waals surface area contributed by atoms with Gasteiger partial charge in [0.15, 0.2) is 0 Å². The van der Waals surface area contributed by atoms with Gasteiger partial charge in [0.1, 0.15) is 5.75 Å². The van der Waals surface area contributed by atoms with Gasteiger partial charge in [0.2, 0.25) is 11.8 Å². The Hall–Kier alpha value is -1.75. The Morgan fingerprint density at radius 2 is 2.24 bits per heavy atom. The lowest BCUT2D eigenvalue weighted by atomic mass is 10.3. The van der Waals surface area contributed by atoms with Gasteiger partial charge in [0, 0.05) is 19.0 Å². The third-order valence-corrected chi connectivity index (χ3v) is 3.40. The van der Waals surface area contributed by atoms with Gasteiger partial charge in [-0.15, -0.1) is 0 Å². The van der Waals surface area contributed by atoms with Crippen molar-refractivity contribution in [3.8, 4) is 5.75 Å². The standard InChI is InChI=1S/C15H19ClN2O3/c1-10(2)21-11-5-6-13(12(16)8-11)17-14(19)9-18-7-3-4-15(18)20/h5-6,8,10H,3-4,7,9H2,1-2H3,(H,17,19). The summed E-state index contributed by atoms with van der Waals surface area (Å²) in [4.78, 5) is 25.0. The molecule has 21 heavy (non-hydrogen) atoms. The first-order valence-corrected chi connectivity index (χ1v) is 7.37. The van der Waals surface area contributed by atoms with Gasteiger partial charge >= 0.3 is 0 Å². The van der Waals surface area contributed by atoms with Gasteiger partial charge in [-0.1, -0.05) is 11.6 Å². The monoisotopic (exact) mass is 310 g/mol. The van der Waals surface area contributed by atoms with E-state index in [-0.39, 0.29) is 24.5 Å². The predicted octanol–water partition coefficient (Wildman–Crippen LogP) is 2.69. The number of benzene rings is 1. The van der Waals surface area contributed by atoms with Crippen molar-refractivity contribution in [2.75, 3.05) is 18.4 Å². The lowest BCUT2D eigenvalue weighted by Gasteiger charge is -2.16. The number of hydrogen-bond acceptors (Lipinski definition) is 3. The smallest absolute Gasteiger partial charge is 0.244 e. The van der Waals surface area contributed by atoms with Crippen LogP contribution in [0.25, 0.3) is 0 Å². The van der Waals surface area contributed by atoms with Gasteiger partial charge in [-0.25, -0.2) is 0 Å². The summed E-state index contributed by atoms with van der Waals surface area (Å²) in [6.45, 7) is 4.56. The zero-order valence-electron chi connectivity index (χ0n) is 12.2. The Balaban J connectivity index is 1.95. The minimum absolute atomic E-state index is 0.0249. The molecule has 2 rings (SSSR count). The van der Waals surface area contributed by atoms with Gasteiger partial charge in [-0.05, 0) is 32.4 Å². The summed E-state index contributed by atoms with van der Waals surface area (Å²) in [5, 5.41) is 3.13. The quantitative estimate of drug-likeness (QED) is 0.909. The number of amides is 2. The van der Waals surface area contributed by atoms with Crippen LogP contribution in [0.4, 0.5) is 5.69 Å². The van der Waals surface area contributed by atoms with Crippen LogP contribution in [-0.2, 0) is 9.59 Å². The van der Waals surface area contributed by atoms with E-state index in [1.807, 2.05) is 13.8 Å². The number of ether oxygens (including phenoxy) is 1. The van der Waals surface area contributed by atoms with Crippen LogP contribution < -0.4 is 10.1 Å². The molecule has 1 N–H and O–H groups in total. The lowest BCUT2D eigenvalue weighted by Crippen LogP contribution is -2.34. The molecule has 1 aliphatic heterocycles. The molecule has 1 aliphatic rings. The Morgan fingerprint density at radius 3 is 2.81 bits per heavy atom. The summed E-state index contributed by atoms with van der Waals surface area (Å²) in [7, 11) is 0. The molecule has 0 unspecified atom stereocenters. The first-order valence-electron chi connectivity index (χ1n) is 6.99. The summed E-state index contributed by atoms with van der Waals surface area (Å²) in [5.41, 5.74) is 0.518. The highest BCUT2D eigenvalue weighted by molar-refractivity contribution is 6.33. The van der Waals surface area contributed by atoms with Crippen molar-refractivity contribution >= 4 is 29.1 Å². The van der Waals surface area contributed by atoms with E-state index in [0.717, 1.165) is 6.42 Å². The van der Waals surface area contributed by atoms with Crippen molar-refractivity contribution in [2.24, 2.45) is 0 Å². The van der Waals surface area contributed by atoms with Crippen molar-refractivity contribution in [1.82, 2.24) is 4.90 Å². The minimum atomic E-state index is -0.246. The Labute approximate surface area is 129 Å². The highest BCUT2D eigenvalue weighted by atomic mass is 35.5. The molecule has 0 spiro atoms. The average Bonchev–Trinajstić information content (AvgIpc) is 2.78. The molecule has 114 valence electrons. The third-order valence-electron chi connectivity index (χ3n) is 3.09. The molecule has 1 aromatic rings. The summed E-state index contributed by atoms with van der Waals surface area (Å²) >= 11 is 6.13. The van der Waals surface area contributed by atoms with Gasteiger partial charge in [0.05, 0.1) is 23.4 Å². The summed E-state index contributed by atoms with van der Waals surface area (Å²) in [6, 6.07) is 5.12. The normalized spacial score (nSPS) is 14.7. The van der Waals surface area contributed by atoms with Gasteiger partial charge in [-0.2, -0.15) is 0 Å². The van der Waals surface area contributed by atoms with Crippen molar-refractivity contribution in [1.29, 1.82) is 0 Å². The second-order valence-electron chi connectivity index (χ2n) is 5.28. The molecule has 0 bridgehead atoms. The molecule has 0 atom stereocenters. The maximum absolute atomic E-state index is 11.9. The van der Waals surface area contributed by atoms with E-state index in [1.165, 1.54) is 0 Å². The molecule has 1 fully saturated rings. The first kappa shape index (κ1) is 15.6. The lowest BCUT2D eigenvalue weighted by molar-refractivity contribution is -0.131. The van der Waals surface area contributed by atoms with E-state index >= 15 is 0 Å². The number of carbonyl (C=O) groups excluding carboxylic acids is 2. The molecule has 0 saturated carbocycles. The van der Waals surface area contributed by atoms with E-state index < -0.39 is 0 Å². The van der Waals surface area contributed by atoms with Crippen LogP contribution in [0.2, 0.25) is 5.02 Å². The van der Waals surface area contributed by atoms with Crippen molar-refractivity contribution < 1.29 is 14.3 Å². The molecule has 0 radical (unpaired) electrons. The molecule has 5 nitrogen and oxygen atoms in total. The second kappa shape index (κ2) is 6.80. The summed E-state index contributed by atoms with van der Waals surface area (Å²) in [6.07, 6.45) is 1.39. The Kier molecular flexibility index (Phi) is 5.07. The number of carbonyl (C=O) groups is 2. The largest absolute Gasteiger partial charge is 0.491 e. The maximum Gasteiger partial charge on any atom is 0.244 e. The van der Waals surface area contributed by atoms with Crippen LogP contribution in [-0.4, -0.2) is 35.9 Å². The number of likely N-dealkylation sites (tertiary alicyclic amines) is 1. The van der Waals surface area contributed by atoms with Crippen LogP contribution in [0, 0.1) is 0 Å². The highest BCUT2D eigenvalue weighted by Gasteiger charge is 2.22. The number of anilines is 1. The topological polar surface area (TPSA) is 58.6 Å². The number of halogens is 1. The first-order chi connectivity index (χ1) is 9.95. The van der Waals surface area contributed by atoms with Crippen LogP contribution >= 0.6 is 11.6 Å². The van der Waals surface area contributed by atoms with Crippen LogP contribution in [0.15, 0.2) is 18.2 Å². The molecule has 1 saturated heterocycles. The fourth-order valence-corrected chi connectivity index (χ4v) is 2.39. The van der Waals surface area contributed by atoms with Gasteiger partial charge in [-0.3, -0.25) is 9.59 Å². The molecule has 1 heterocycles. The van der Waals surface area contributed by atoms with Crippen molar-refractivity contribution in [2.45, 2.75) is 32.8 Å². The number of hydrogen-bond donors (Lipinski definition) is 1. The van der Waals surface area contributed by atoms with Crippen LogP contribution in [0.5, 0.6) is 5.75 Å². The minimum Gasteiger partial charge on any atom is -0.491 e. The summed E-state index contributed by atoms with van der Waals surface area (Å²) in [5.74, 6) is 0.435. The van der Waals surface area contributed by atoms with E-state index in [1.54, 1.807) is 23.1 Å². The SMILES string of the molecule is CC(C)Oc1ccc(NC(=O)CN2CCCC2=O)c(Cl)c1. The molecular formula is C15H19ClN2O3. The summed E-state index contributed by atoms with van der Waals surface area (Å²) < 4.78 is 5.53. The maximum atomic E-state index is 11.9. The number of nitrogens with zero attached hydrogens (tertiary/aromatic N) is 1. The molecule has 1 aromatic carbocycles. The predicted molar refractivity (Wildman–Crippen MR) is 81.7 cm³/mol. The van der Waals surface area contributed by atoms with Crippen molar-refractivity contribution in [3.05, 3.63) is 23.2 Å². The molecule has 6 heteroatoms. The fourth-order valence-electron chi connectivity index (χ4n) is 2.18. The molecule has 0 aliphatic carbocycles. The second-order valence-corrected chi connectivity index (χ2v) is 5.68. The number of rotatable bonds is 5. The van der Waals surface area contributed by atoms with Gasteiger partial charge in [0.25, 0.3) is 0 Å². The van der Waals surface area contributed by atoms with Gasteiger partial charge < -0.3 is 15.0 Å². The Morgan fingerprint density at radius 1 is 1.48 bits per heavy atom. The van der Waals surface area contributed by atoms with Crippen LogP contribution in [0.3, 0.4) is 0 Å². The van der Waals surface area contributed by atoms with E-state index in [0.29, 0.717) is 29.4 Å². The van der Waals surface area contributed by atoms with Crippen LogP contribution in [0.1, 0.15) is 26.7 Å². The fraction of sp³-hybridized carbons (Fsp3) is 0.467. The average molecular weight is 311 g/mol. The highest BCUT2D eigenvalue weighted by Crippen LogP contribution is 2.27. The molecule has 0 aromatic heterocycles. The zero-order valence-corrected chi connectivity index (χ0v) is 12.9. The molecule has 2 amide bonds. The van der Waals surface area contributed by atoms with E-state index in [2.05, 4.69) is 5.32 Å². The van der Waals surface area contributed by atoms with E-state index in [4.69, 9.17) is 16.3 Å². The third kappa shape index (κ3) is 4.36. The van der Waals surface area contributed by atoms with Crippen molar-refractivity contribution in [3.63, 3.8) is 0 Å².